The number of methoxy groups -OCH3 is 2. The second-order valence-electron chi connectivity index (χ2n) is 8.37. The van der Waals surface area contributed by atoms with Crippen molar-refractivity contribution in [3.63, 3.8) is 0 Å². The van der Waals surface area contributed by atoms with Crippen molar-refractivity contribution >= 4 is 17.2 Å². The Bertz CT molecular complexity index is 1160. The third kappa shape index (κ3) is 6.35. The van der Waals surface area contributed by atoms with Gasteiger partial charge in [0.2, 0.25) is 0 Å². The Morgan fingerprint density at radius 1 is 0.971 bits per heavy atom. The van der Waals surface area contributed by atoms with E-state index < -0.39 is 0 Å². The van der Waals surface area contributed by atoms with E-state index in [0.29, 0.717) is 23.1 Å². The molecule has 0 aliphatic carbocycles. The Hall–Kier alpha value is -3.48. The molecule has 0 fully saturated rings. The number of ether oxygens (including phenoxy) is 2. The quantitative estimate of drug-likeness (QED) is 0.297. The first-order valence-corrected chi connectivity index (χ1v) is 12.1. The van der Waals surface area contributed by atoms with E-state index in [2.05, 4.69) is 26.1 Å². The maximum Gasteiger partial charge on any atom is 0.162 e. The molecule has 1 N–H and O–H groups in total. The zero-order valence-corrected chi connectivity index (χ0v) is 21.5. The van der Waals surface area contributed by atoms with Gasteiger partial charge < -0.3 is 14.8 Å². The predicted octanol–water partition coefficient (Wildman–Crippen LogP) is 7.13. The number of hydrogen-bond donors (Lipinski definition) is 1. The van der Waals surface area contributed by atoms with E-state index in [-0.39, 0.29) is 11.9 Å². The monoisotopic (exact) mass is 478 g/mol. The van der Waals surface area contributed by atoms with Crippen molar-refractivity contribution in [3.8, 4) is 22.9 Å². The van der Waals surface area contributed by atoms with Crippen LogP contribution in [0.5, 0.6) is 11.5 Å². The molecular weight excluding hydrogens is 443 g/mol. The third-order valence-corrected chi connectivity index (χ3v) is 5.94. The van der Waals surface area contributed by atoms with Crippen LogP contribution in [0, 0.1) is 12.7 Å². The molecule has 1 aromatic heterocycles. The number of nitrogens with one attached hydrogen (secondary N) is 1. The molecule has 7 heteroatoms. The highest BCUT2D eigenvalue weighted by molar-refractivity contribution is 6.01. The van der Waals surface area contributed by atoms with Gasteiger partial charge in [0.15, 0.2) is 17.3 Å². The van der Waals surface area contributed by atoms with Crippen LogP contribution in [-0.2, 0) is 0 Å². The average Bonchev–Trinajstić information content (AvgIpc) is 2.88. The van der Waals surface area contributed by atoms with Gasteiger partial charge in [-0.05, 0) is 62.6 Å². The van der Waals surface area contributed by atoms with Gasteiger partial charge in [0.25, 0.3) is 0 Å². The summed E-state index contributed by atoms with van der Waals surface area (Å²) in [6, 6.07) is 12.1. The maximum atomic E-state index is 13.6. The molecule has 0 saturated heterocycles. The molecule has 0 aliphatic heterocycles. The van der Waals surface area contributed by atoms with E-state index >= 15 is 0 Å². The molecule has 0 bridgehead atoms. The highest BCUT2D eigenvalue weighted by atomic mass is 19.1. The van der Waals surface area contributed by atoms with E-state index in [1.54, 1.807) is 26.4 Å². The highest BCUT2D eigenvalue weighted by Gasteiger charge is 2.18. The lowest BCUT2D eigenvalue weighted by molar-refractivity contribution is 0.355. The molecule has 0 aliphatic rings. The topological polar surface area (TPSA) is 68.6 Å². The minimum Gasteiger partial charge on any atom is -0.493 e. The van der Waals surface area contributed by atoms with Crippen LogP contribution >= 0.6 is 0 Å². The van der Waals surface area contributed by atoms with Crippen LogP contribution in [0.2, 0.25) is 0 Å². The van der Waals surface area contributed by atoms with Gasteiger partial charge in [-0.1, -0.05) is 27.2 Å². The lowest BCUT2D eigenvalue weighted by atomic mass is 10.0. The molecule has 1 heterocycles. The average molecular weight is 479 g/mol. The van der Waals surface area contributed by atoms with E-state index in [4.69, 9.17) is 24.4 Å². The van der Waals surface area contributed by atoms with Crippen molar-refractivity contribution in [3.05, 3.63) is 59.5 Å². The summed E-state index contributed by atoms with van der Waals surface area (Å²) in [4.78, 5) is 14.8. The Labute approximate surface area is 207 Å². The summed E-state index contributed by atoms with van der Waals surface area (Å²) in [5.74, 6) is 2.14. The zero-order chi connectivity index (χ0) is 25.4. The molecule has 3 rings (SSSR count). The normalized spacial score (nSPS) is 11.6. The molecule has 0 amide bonds. The van der Waals surface area contributed by atoms with E-state index in [1.165, 1.54) is 12.1 Å². The van der Waals surface area contributed by atoms with E-state index in [9.17, 15) is 4.39 Å². The van der Waals surface area contributed by atoms with Crippen LogP contribution in [0.4, 0.5) is 15.9 Å². The van der Waals surface area contributed by atoms with E-state index in [1.807, 2.05) is 25.1 Å². The van der Waals surface area contributed by atoms with Crippen LogP contribution in [0.15, 0.2) is 47.5 Å². The number of nitrogens with zero attached hydrogens (tertiary/aromatic N) is 3. The molecular formula is C28H35FN4O2. The Morgan fingerprint density at radius 2 is 1.66 bits per heavy atom. The zero-order valence-electron chi connectivity index (χ0n) is 21.5. The Morgan fingerprint density at radius 3 is 2.26 bits per heavy atom. The number of aliphatic imine (C=N–C) groups is 1. The van der Waals surface area contributed by atoms with Gasteiger partial charge in [-0.15, -0.1) is 0 Å². The predicted molar refractivity (Wildman–Crippen MR) is 141 cm³/mol. The van der Waals surface area contributed by atoms with Gasteiger partial charge in [-0.25, -0.2) is 14.4 Å². The second kappa shape index (κ2) is 12.3. The number of hydrogen-bond acceptors (Lipinski definition) is 6. The molecule has 0 atom stereocenters. The van der Waals surface area contributed by atoms with Crippen molar-refractivity contribution in [2.75, 3.05) is 19.5 Å². The van der Waals surface area contributed by atoms with Crippen LogP contribution in [0.25, 0.3) is 11.4 Å². The maximum absolute atomic E-state index is 13.6. The summed E-state index contributed by atoms with van der Waals surface area (Å²) in [7, 11) is 3.21. The Kier molecular flexibility index (Phi) is 9.18. The van der Waals surface area contributed by atoms with Gasteiger partial charge in [0.05, 0.1) is 25.6 Å². The highest BCUT2D eigenvalue weighted by Crippen LogP contribution is 2.32. The molecule has 0 radical (unpaired) electrons. The summed E-state index contributed by atoms with van der Waals surface area (Å²) in [6.45, 7) is 8.46. The van der Waals surface area contributed by atoms with Gasteiger partial charge in [0.1, 0.15) is 11.6 Å². The lowest BCUT2D eigenvalue weighted by Crippen LogP contribution is -2.14. The number of benzene rings is 2. The fraction of sp³-hybridized carbons (Fsp3) is 0.393. The Balaban J connectivity index is 2.17. The molecule has 6 nitrogen and oxygen atoms in total. The van der Waals surface area contributed by atoms with Crippen molar-refractivity contribution in [1.82, 2.24) is 9.97 Å². The van der Waals surface area contributed by atoms with Gasteiger partial charge >= 0.3 is 0 Å². The van der Waals surface area contributed by atoms with Gasteiger partial charge in [-0.2, -0.15) is 0 Å². The van der Waals surface area contributed by atoms with Gasteiger partial charge in [0, 0.05) is 28.9 Å². The van der Waals surface area contributed by atoms with Crippen molar-refractivity contribution in [2.45, 2.75) is 59.4 Å². The van der Waals surface area contributed by atoms with Crippen molar-refractivity contribution < 1.29 is 13.9 Å². The molecule has 0 unspecified atom stereocenters. The number of rotatable bonds is 11. The minimum atomic E-state index is -0.299. The van der Waals surface area contributed by atoms with Gasteiger partial charge in [-0.3, -0.25) is 4.99 Å². The summed E-state index contributed by atoms with van der Waals surface area (Å²) >= 11 is 0. The second-order valence-corrected chi connectivity index (χ2v) is 8.37. The van der Waals surface area contributed by atoms with Crippen LogP contribution in [0.1, 0.15) is 57.7 Å². The first kappa shape index (κ1) is 26.1. The largest absolute Gasteiger partial charge is 0.493 e. The van der Waals surface area contributed by atoms with Crippen LogP contribution in [-0.4, -0.2) is 35.9 Å². The summed E-state index contributed by atoms with van der Waals surface area (Å²) < 4.78 is 24.4. The standard InChI is InChI=1S/C28H35FN4O2/c1-7-10-23(30-21(8-2)9-3)26-18(4)27(31-22-15-16-24(34-5)25(17-22)35-6)33-28(32-26)19-11-13-20(29)14-12-19/h11-17,21H,7-10H2,1-6H3,(H,31,32,33). The summed E-state index contributed by atoms with van der Waals surface area (Å²) in [6.07, 6.45) is 3.70. The smallest absolute Gasteiger partial charge is 0.162 e. The third-order valence-electron chi connectivity index (χ3n) is 5.94. The van der Waals surface area contributed by atoms with E-state index in [0.717, 1.165) is 53.9 Å². The summed E-state index contributed by atoms with van der Waals surface area (Å²) in [5.41, 5.74) is 4.23. The summed E-state index contributed by atoms with van der Waals surface area (Å²) in [5, 5.41) is 3.42. The van der Waals surface area contributed by atoms with Crippen LogP contribution < -0.4 is 14.8 Å². The SMILES string of the molecule is CCCC(=NC(CC)CC)c1nc(-c2ccc(F)cc2)nc(Nc2ccc(OC)c(OC)c2)c1C. The number of halogens is 1. The number of anilines is 2. The minimum absolute atomic E-state index is 0.238. The first-order chi connectivity index (χ1) is 16.9. The number of aromatic nitrogens is 2. The fourth-order valence-corrected chi connectivity index (χ4v) is 3.87. The molecule has 3 aromatic rings. The lowest BCUT2D eigenvalue weighted by Gasteiger charge is -2.18. The van der Waals surface area contributed by atoms with Crippen LogP contribution in [0.3, 0.4) is 0 Å². The first-order valence-electron chi connectivity index (χ1n) is 12.1. The molecule has 35 heavy (non-hydrogen) atoms. The molecule has 2 aromatic carbocycles. The molecule has 186 valence electrons. The van der Waals surface area contributed by atoms with Crippen molar-refractivity contribution in [2.24, 2.45) is 4.99 Å². The molecule has 0 spiro atoms. The van der Waals surface area contributed by atoms with Crippen molar-refractivity contribution in [1.29, 1.82) is 0 Å². The fourth-order valence-electron chi connectivity index (χ4n) is 3.87. The molecule has 0 saturated carbocycles.